The number of carbonyl (C=O) groups excluding carboxylic acids is 4. The highest BCUT2D eigenvalue weighted by atomic mass is 16.5. The third-order valence-electron chi connectivity index (χ3n) is 17.5. The molecule has 0 aromatic carbocycles. The molecule has 0 radical (unpaired) electrons. The minimum Gasteiger partial charge on any atom is -0.481 e. The van der Waals surface area contributed by atoms with Gasteiger partial charge in [-0.2, -0.15) is 0 Å². The second-order valence-corrected chi connectivity index (χ2v) is 21.9. The average molecular weight is 777 g/mol. The molecule has 1 aliphatic heterocycles. The van der Waals surface area contributed by atoms with Crippen molar-refractivity contribution in [2.45, 2.75) is 164 Å². The van der Waals surface area contributed by atoms with E-state index in [1.165, 1.54) is 12.0 Å². The summed E-state index contributed by atoms with van der Waals surface area (Å²) in [4.78, 5) is 69.3. The number of nitrogens with zero attached hydrogens (tertiary/aromatic N) is 2. The third kappa shape index (κ3) is 6.98. The zero-order valence-corrected chi connectivity index (χ0v) is 36.0. The van der Waals surface area contributed by atoms with Crippen molar-refractivity contribution in [2.75, 3.05) is 26.2 Å². The van der Waals surface area contributed by atoms with Crippen molar-refractivity contribution in [3.8, 4) is 0 Å². The monoisotopic (exact) mass is 777 g/mol. The Hall–Kier alpha value is -2.71. The molecule has 56 heavy (non-hydrogen) atoms. The first-order valence-electron chi connectivity index (χ1n) is 22.5. The van der Waals surface area contributed by atoms with Gasteiger partial charge in [-0.3, -0.25) is 24.0 Å². The summed E-state index contributed by atoms with van der Waals surface area (Å²) in [6.07, 6.45) is 14.3. The van der Waals surface area contributed by atoms with Gasteiger partial charge >= 0.3 is 11.9 Å². The van der Waals surface area contributed by atoms with Gasteiger partial charge in [0.05, 0.1) is 18.4 Å². The van der Waals surface area contributed by atoms with Gasteiger partial charge in [0.1, 0.15) is 6.10 Å². The van der Waals surface area contributed by atoms with Crippen molar-refractivity contribution in [1.82, 2.24) is 9.80 Å². The number of carbonyl (C=O) groups is 5. The van der Waals surface area contributed by atoms with Crippen LogP contribution in [0.2, 0.25) is 0 Å². The van der Waals surface area contributed by atoms with Crippen molar-refractivity contribution in [3.63, 3.8) is 0 Å². The van der Waals surface area contributed by atoms with Crippen molar-refractivity contribution >= 4 is 29.5 Å². The molecule has 1 N–H and O–H groups in total. The highest BCUT2D eigenvalue weighted by molar-refractivity contribution is 6.00. The molecule has 312 valence electrons. The molecule has 7 aliphatic rings. The van der Waals surface area contributed by atoms with E-state index in [0.717, 1.165) is 89.2 Å². The summed E-state index contributed by atoms with van der Waals surface area (Å²) in [5.74, 6) is 1.63. The van der Waals surface area contributed by atoms with E-state index in [-0.39, 0.29) is 58.5 Å². The fourth-order valence-corrected chi connectivity index (χ4v) is 14.3. The van der Waals surface area contributed by atoms with Gasteiger partial charge in [0.2, 0.25) is 11.8 Å². The Morgan fingerprint density at radius 2 is 1.62 bits per heavy atom. The van der Waals surface area contributed by atoms with Gasteiger partial charge in [0.15, 0.2) is 5.78 Å². The second-order valence-electron chi connectivity index (χ2n) is 21.9. The first-order chi connectivity index (χ1) is 26.2. The zero-order chi connectivity index (χ0) is 40.6. The van der Waals surface area contributed by atoms with Crippen LogP contribution in [0.5, 0.6) is 0 Å². The summed E-state index contributed by atoms with van der Waals surface area (Å²) in [6, 6.07) is 0. The molecule has 0 aromatic rings. The quantitative estimate of drug-likeness (QED) is 0.197. The van der Waals surface area contributed by atoms with Gasteiger partial charge in [-0.15, -0.1) is 0 Å². The fourth-order valence-electron chi connectivity index (χ4n) is 14.3. The minimum absolute atomic E-state index is 0.0747. The van der Waals surface area contributed by atoms with Crippen LogP contribution in [0.3, 0.4) is 0 Å². The van der Waals surface area contributed by atoms with E-state index in [1.54, 1.807) is 18.7 Å². The van der Waals surface area contributed by atoms with E-state index >= 15 is 0 Å². The number of ketones is 1. The molecule has 0 spiro atoms. The molecular weight excluding hydrogens is 705 g/mol. The van der Waals surface area contributed by atoms with Crippen molar-refractivity contribution in [2.24, 2.45) is 62.6 Å². The molecule has 7 rings (SSSR count). The van der Waals surface area contributed by atoms with Crippen LogP contribution >= 0.6 is 0 Å². The highest BCUT2D eigenvalue weighted by Gasteiger charge is 2.66. The maximum Gasteiger partial charge on any atom is 0.309 e. The second kappa shape index (κ2) is 14.8. The molecule has 6 aliphatic carbocycles. The first-order valence-corrected chi connectivity index (χ1v) is 22.5. The van der Waals surface area contributed by atoms with Crippen molar-refractivity contribution in [1.29, 1.82) is 0 Å². The lowest BCUT2D eigenvalue weighted by Crippen LogP contribution is -2.63. The maximum atomic E-state index is 14.2. The molecule has 1 heterocycles. The number of carboxylic acids is 1. The van der Waals surface area contributed by atoms with Gasteiger partial charge in [0.25, 0.3) is 0 Å². The number of carboxylic acid groups (broad SMARTS) is 1. The summed E-state index contributed by atoms with van der Waals surface area (Å²) >= 11 is 0. The number of Topliss-reactive ketones (excluding diaryl/α,β-unsaturated/α-hetero) is 1. The lowest BCUT2D eigenvalue weighted by atomic mass is 9.36. The van der Waals surface area contributed by atoms with Gasteiger partial charge in [-0.25, -0.2) is 0 Å². The normalized spacial score (nSPS) is 36.7. The predicted molar refractivity (Wildman–Crippen MR) is 215 cm³/mol. The van der Waals surface area contributed by atoms with Crippen LogP contribution in [-0.2, 0) is 28.7 Å². The Labute approximate surface area is 336 Å². The number of allylic oxidation sites excluding steroid dienone is 2. The SMILES string of the molecule is CC(C)C1=C2C3CCC4C(C)(CCC5C(C)(C)C(OC(=O)CC(C)(C)C(=O)O)CCC54C)C3CCC2(CCN(CC2CCC2)C(=O)CN2CCCC2=O)CC1=O. The van der Waals surface area contributed by atoms with E-state index in [0.29, 0.717) is 61.3 Å². The number of rotatable bonds is 12. The van der Waals surface area contributed by atoms with Crippen LogP contribution in [0.15, 0.2) is 11.1 Å². The van der Waals surface area contributed by atoms with Crippen LogP contribution < -0.4 is 0 Å². The molecule has 0 aromatic heterocycles. The van der Waals surface area contributed by atoms with Crippen LogP contribution in [0.25, 0.3) is 0 Å². The molecular formula is C47H72N2O7. The molecule has 9 heteroatoms. The van der Waals surface area contributed by atoms with E-state index in [9.17, 15) is 29.1 Å². The van der Waals surface area contributed by atoms with Gasteiger partial charge in [-0.05, 0) is 143 Å². The number of hydrogen-bond acceptors (Lipinski definition) is 6. The van der Waals surface area contributed by atoms with Crippen molar-refractivity contribution in [3.05, 3.63) is 11.1 Å². The van der Waals surface area contributed by atoms with Gasteiger partial charge < -0.3 is 19.6 Å². The minimum atomic E-state index is -1.16. The van der Waals surface area contributed by atoms with Crippen LogP contribution in [0, 0.1) is 62.6 Å². The lowest BCUT2D eigenvalue weighted by Gasteiger charge is -2.69. The summed E-state index contributed by atoms with van der Waals surface area (Å²) in [5.41, 5.74) is 1.21. The van der Waals surface area contributed by atoms with E-state index in [2.05, 4.69) is 46.4 Å². The number of likely N-dealkylation sites (tertiary alicyclic amines) is 1. The number of hydrogen-bond donors (Lipinski definition) is 1. The number of amides is 2. The molecule has 8 unspecified atom stereocenters. The summed E-state index contributed by atoms with van der Waals surface area (Å²) < 4.78 is 6.18. The fraction of sp³-hybridized carbons (Fsp3) is 0.851. The topological polar surface area (TPSA) is 121 Å². The number of ether oxygens (including phenoxy) is 1. The molecule has 9 nitrogen and oxygen atoms in total. The van der Waals surface area contributed by atoms with Gasteiger partial charge in [-0.1, -0.05) is 53.5 Å². The molecule has 1 saturated heterocycles. The average Bonchev–Trinajstić information content (AvgIpc) is 3.63. The summed E-state index contributed by atoms with van der Waals surface area (Å²) in [5, 5.41) is 9.63. The predicted octanol–water partition coefficient (Wildman–Crippen LogP) is 8.63. The number of aliphatic carboxylic acids is 1. The van der Waals surface area contributed by atoms with Crippen LogP contribution in [0.4, 0.5) is 0 Å². The molecule has 5 saturated carbocycles. The molecule has 0 bridgehead atoms. The Morgan fingerprint density at radius 1 is 0.911 bits per heavy atom. The van der Waals surface area contributed by atoms with Gasteiger partial charge in [0, 0.05) is 43.3 Å². The smallest absolute Gasteiger partial charge is 0.309 e. The Kier molecular flexibility index (Phi) is 11.0. The third-order valence-corrected chi connectivity index (χ3v) is 17.5. The summed E-state index contributed by atoms with van der Waals surface area (Å²) in [6.45, 7) is 19.5. The van der Waals surface area contributed by atoms with Crippen LogP contribution in [0.1, 0.15) is 158 Å². The lowest BCUT2D eigenvalue weighted by molar-refractivity contribution is -0.214. The van der Waals surface area contributed by atoms with E-state index in [1.807, 2.05) is 0 Å². The maximum absolute atomic E-state index is 14.2. The van der Waals surface area contributed by atoms with Crippen molar-refractivity contribution < 1.29 is 33.8 Å². The highest BCUT2D eigenvalue weighted by Crippen LogP contribution is 2.73. The zero-order valence-electron chi connectivity index (χ0n) is 36.0. The van der Waals surface area contributed by atoms with Crippen LogP contribution in [-0.4, -0.2) is 76.7 Å². The number of fused-ring (bicyclic) bond motifs is 7. The Bertz CT molecular complexity index is 1640. The Morgan fingerprint density at radius 3 is 2.25 bits per heavy atom. The Balaban J connectivity index is 1.11. The van der Waals surface area contributed by atoms with E-state index in [4.69, 9.17) is 4.74 Å². The molecule has 6 fully saturated rings. The standard InChI is InChI=1S/C47H72N2O7/c1-29(2)40-33(50)25-47(22-24-49(27-30-11-9-12-30)38(52)28-48-23-10-13-37(48)51)21-16-32-31(41(40)47)14-15-35-45(32,7)19-17-34-44(5,6)36(18-20-46(34,35)8)56-39(53)26-43(3,4)42(54)55/h29-32,34-36H,9-28H2,1-8H3,(H,54,55). The first kappa shape index (κ1) is 41.4. The molecule has 2 amide bonds. The largest absolute Gasteiger partial charge is 0.481 e. The number of esters is 1. The molecule has 8 atom stereocenters. The van der Waals surface area contributed by atoms with E-state index < -0.39 is 17.4 Å². The summed E-state index contributed by atoms with van der Waals surface area (Å²) in [7, 11) is 0.